The van der Waals surface area contributed by atoms with Crippen LogP contribution in [-0.2, 0) is 14.4 Å². The minimum Gasteiger partial charge on any atom is -0.354 e. The van der Waals surface area contributed by atoms with E-state index in [0.717, 1.165) is 24.0 Å². The van der Waals surface area contributed by atoms with Crippen molar-refractivity contribution in [3.8, 4) is 0 Å². The fourth-order valence-corrected chi connectivity index (χ4v) is 2.72. The topological polar surface area (TPSA) is 87.3 Å². The van der Waals surface area contributed by atoms with Crippen LogP contribution in [0.3, 0.4) is 0 Å². The molecule has 1 saturated heterocycles. The summed E-state index contributed by atoms with van der Waals surface area (Å²) >= 11 is 0. The van der Waals surface area contributed by atoms with Gasteiger partial charge in [0.15, 0.2) is 0 Å². The van der Waals surface area contributed by atoms with Gasteiger partial charge in [-0.1, -0.05) is 6.07 Å². The largest absolute Gasteiger partial charge is 0.354 e. The summed E-state index contributed by atoms with van der Waals surface area (Å²) in [5.41, 5.74) is 2.76. The maximum atomic E-state index is 12.0. The molecule has 3 amide bonds. The van der Waals surface area contributed by atoms with Crippen molar-refractivity contribution in [1.29, 1.82) is 0 Å². The first-order valence-corrected chi connectivity index (χ1v) is 7.89. The summed E-state index contributed by atoms with van der Waals surface area (Å²) < 4.78 is 0. The van der Waals surface area contributed by atoms with Crippen molar-refractivity contribution < 1.29 is 14.4 Å². The smallest absolute Gasteiger partial charge is 0.242 e. The fraction of sp³-hybridized carbons (Fsp3) is 0.471. The lowest BCUT2D eigenvalue weighted by Gasteiger charge is -2.15. The molecule has 1 aromatic rings. The van der Waals surface area contributed by atoms with Crippen molar-refractivity contribution in [2.45, 2.75) is 45.6 Å². The molecule has 0 unspecified atom stereocenters. The molecule has 1 aromatic carbocycles. The maximum absolute atomic E-state index is 12.0. The van der Waals surface area contributed by atoms with Crippen LogP contribution in [0.2, 0.25) is 0 Å². The van der Waals surface area contributed by atoms with E-state index >= 15 is 0 Å². The van der Waals surface area contributed by atoms with Crippen LogP contribution in [0.1, 0.15) is 36.8 Å². The third-order valence-corrected chi connectivity index (χ3v) is 3.70. The molecule has 0 aliphatic carbocycles. The number of nitrogens with one attached hydrogen (secondary N) is 3. The van der Waals surface area contributed by atoms with E-state index < -0.39 is 11.9 Å². The molecule has 1 aliphatic heterocycles. The first kappa shape index (κ1) is 17.0. The number of carbonyl (C=O) groups excluding carboxylic acids is 3. The molecular weight excluding hydrogens is 294 g/mol. The van der Waals surface area contributed by atoms with E-state index in [9.17, 15) is 14.4 Å². The van der Waals surface area contributed by atoms with Crippen LogP contribution in [0.4, 0.5) is 5.69 Å². The van der Waals surface area contributed by atoms with Crippen LogP contribution < -0.4 is 16.0 Å². The van der Waals surface area contributed by atoms with E-state index in [-0.39, 0.29) is 18.2 Å². The number of aryl methyl sites for hydroxylation is 2. The minimum absolute atomic E-state index is 0.175. The zero-order chi connectivity index (χ0) is 16.8. The van der Waals surface area contributed by atoms with E-state index in [1.54, 1.807) is 0 Å². The van der Waals surface area contributed by atoms with E-state index in [0.29, 0.717) is 18.7 Å². The molecule has 0 spiro atoms. The van der Waals surface area contributed by atoms with Crippen molar-refractivity contribution in [3.63, 3.8) is 0 Å². The average Bonchev–Trinajstić information content (AvgIpc) is 2.62. The van der Waals surface area contributed by atoms with Crippen molar-refractivity contribution in [2.75, 3.05) is 11.9 Å². The predicted molar refractivity (Wildman–Crippen MR) is 88.0 cm³/mol. The van der Waals surface area contributed by atoms with Gasteiger partial charge in [0.05, 0.1) is 0 Å². The summed E-state index contributed by atoms with van der Waals surface area (Å²) in [5, 5.41) is 8.10. The van der Waals surface area contributed by atoms with Crippen molar-refractivity contribution in [3.05, 3.63) is 29.3 Å². The van der Waals surface area contributed by atoms with Gasteiger partial charge in [-0.15, -0.1) is 0 Å². The van der Waals surface area contributed by atoms with E-state index in [1.807, 2.05) is 32.0 Å². The Kier molecular flexibility index (Phi) is 5.73. The number of benzene rings is 1. The first-order chi connectivity index (χ1) is 10.9. The standard InChI is InChI=1S/C17H23N3O3/c1-11-7-12(2)9-13(8-11)19-15(21)10-16(22)20-14-5-3-4-6-18-17(14)23/h7-9,14H,3-6,10H2,1-2H3,(H,18,23)(H,19,21)(H,20,22)/t14-/m0/s1. The number of carbonyl (C=O) groups is 3. The predicted octanol–water partition coefficient (Wildman–Crippen LogP) is 1.42. The molecule has 6 nitrogen and oxygen atoms in total. The van der Waals surface area contributed by atoms with Gasteiger partial charge in [0.2, 0.25) is 17.7 Å². The van der Waals surface area contributed by atoms with Crippen molar-refractivity contribution in [1.82, 2.24) is 10.6 Å². The molecule has 1 aliphatic rings. The number of hydrogen-bond donors (Lipinski definition) is 3. The Morgan fingerprint density at radius 2 is 1.83 bits per heavy atom. The Labute approximate surface area is 136 Å². The summed E-state index contributed by atoms with van der Waals surface area (Å²) in [5.74, 6) is -0.999. The van der Waals surface area contributed by atoms with Gasteiger partial charge in [-0.05, 0) is 56.4 Å². The molecule has 1 fully saturated rings. The van der Waals surface area contributed by atoms with Gasteiger partial charge in [-0.25, -0.2) is 0 Å². The maximum Gasteiger partial charge on any atom is 0.242 e. The average molecular weight is 317 g/mol. The van der Waals surface area contributed by atoms with E-state index in [4.69, 9.17) is 0 Å². The Hall–Kier alpha value is -2.37. The molecule has 3 N–H and O–H groups in total. The van der Waals surface area contributed by atoms with E-state index in [2.05, 4.69) is 16.0 Å². The molecule has 0 aromatic heterocycles. The van der Waals surface area contributed by atoms with Crippen LogP contribution >= 0.6 is 0 Å². The second-order valence-electron chi connectivity index (χ2n) is 6.01. The highest BCUT2D eigenvalue weighted by atomic mass is 16.2. The number of anilines is 1. The van der Waals surface area contributed by atoms with Gasteiger partial charge in [-0.2, -0.15) is 0 Å². The highest BCUT2D eigenvalue weighted by Crippen LogP contribution is 2.14. The summed E-state index contributed by atoms with van der Waals surface area (Å²) in [6, 6.07) is 5.16. The normalized spacial score (nSPS) is 17.8. The summed E-state index contributed by atoms with van der Waals surface area (Å²) in [6.45, 7) is 4.53. The minimum atomic E-state index is -0.543. The van der Waals surface area contributed by atoms with E-state index in [1.165, 1.54) is 0 Å². The van der Waals surface area contributed by atoms with Gasteiger partial charge >= 0.3 is 0 Å². The Morgan fingerprint density at radius 1 is 1.13 bits per heavy atom. The van der Waals surface area contributed by atoms with Crippen molar-refractivity contribution in [2.24, 2.45) is 0 Å². The molecule has 0 radical (unpaired) electrons. The third kappa shape index (κ3) is 5.39. The highest BCUT2D eigenvalue weighted by Gasteiger charge is 2.23. The Balaban J connectivity index is 1.86. The monoisotopic (exact) mass is 317 g/mol. The first-order valence-electron chi connectivity index (χ1n) is 7.89. The number of amides is 3. The molecule has 2 rings (SSSR count). The molecule has 6 heteroatoms. The summed E-state index contributed by atoms with van der Waals surface area (Å²) in [6.07, 6.45) is 2.09. The quantitative estimate of drug-likeness (QED) is 0.734. The molecular formula is C17H23N3O3. The summed E-state index contributed by atoms with van der Waals surface area (Å²) in [7, 11) is 0. The fourth-order valence-electron chi connectivity index (χ4n) is 2.72. The van der Waals surface area contributed by atoms with Gasteiger partial charge < -0.3 is 16.0 Å². The van der Waals surface area contributed by atoms with Crippen LogP contribution in [0.5, 0.6) is 0 Å². The zero-order valence-electron chi connectivity index (χ0n) is 13.6. The van der Waals surface area contributed by atoms with Crippen LogP contribution in [0, 0.1) is 13.8 Å². The summed E-state index contributed by atoms with van der Waals surface area (Å²) in [4.78, 5) is 35.7. The molecule has 1 heterocycles. The van der Waals surface area contributed by atoms with Crippen LogP contribution in [-0.4, -0.2) is 30.3 Å². The lowest BCUT2D eigenvalue weighted by molar-refractivity contribution is -0.131. The van der Waals surface area contributed by atoms with Crippen LogP contribution in [0.25, 0.3) is 0 Å². The molecule has 0 saturated carbocycles. The lowest BCUT2D eigenvalue weighted by Crippen LogP contribution is -2.46. The van der Waals surface area contributed by atoms with Gasteiger partial charge in [0.1, 0.15) is 12.5 Å². The van der Waals surface area contributed by atoms with Gasteiger partial charge in [-0.3, -0.25) is 14.4 Å². The highest BCUT2D eigenvalue weighted by molar-refractivity contribution is 6.04. The Morgan fingerprint density at radius 3 is 2.52 bits per heavy atom. The lowest BCUT2D eigenvalue weighted by atomic mass is 10.1. The van der Waals surface area contributed by atoms with Crippen LogP contribution in [0.15, 0.2) is 18.2 Å². The molecule has 23 heavy (non-hydrogen) atoms. The molecule has 1 atom stereocenters. The van der Waals surface area contributed by atoms with Crippen molar-refractivity contribution >= 4 is 23.4 Å². The second kappa shape index (κ2) is 7.76. The number of rotatable bonds is 4. The van der Waals surface area contributed by atoms with Gasteiger partial charge in [0, 0.05) is 12.2 Å². The second-order valence-corrected chi connectivity index (χ2v) is 6.01. The SMILES string of the molecule is Cc1cc(C)cc(NC(=O)CC(=O)N[C@H]2CCCCNC2=O)c1. The number of hydrogen-bond acceptors (Lipinski definition) is 3. The Bertz CT molecular complexity index is 593. The molecule has 0 bridgehead atoms. The zero-order valence-corrected chi connectivity index (χ0v) is 13.6. The third-order valence-electron chi connectivity index (χ3n) is 3.70. The molecule has 124 valence electrons. The van der Waals surface area contributed by atoms with Gasteiger partial charge in [0.25, 0.3) is 0 Å².